The molecule has 0 fully saturated rings. The Labute approximate surface area is 154 Å². The van der Waals surface area contributed by atoms with Crippen LogP contribution in [-0.4, -0.2) is 29.3 Å². The van der Waals surface area contributed by atoms with Gasteiger partial charge < -0.3 is 14.8 Å². The smallest absolute Gasteiger partial charge is 0.407 e. The van der Waals surface area contributed by atoms with Crippen LogP contribution in [-0.2, 0) is 15.9 Å². The van der Waals surface area contributed by atoms with Crippen LogP contribution in [0.25, 0.3) is 11.1 Å². The van der Waals surface area contributed by atoms with Crippen LogP contribution in [0.1, 0.15) is 44.9 Å². The third-order valence-electron chi connectivity index (χ3n) is 4.31. The fourth-order valence-corrected chi connectivity index (χ4v) is 3.14. The molecular weight excluding hydrogens is 328 g/mol. The number of ether oxygens (including phenoxy) is 2. The van der Waals surface area contributed by atoms with E-state index in [0.717, 1.165) is 23.1 Å². The maximum absolute atomic E-state index is 12.1. The van der Waals surface area contributed by atoms with Gasteiger partial charge in [0.2, 0.25) is 0 Å². The van der Waals surface area contributed by atoms with E-state index in [2.05, 4.69) is 28.5 Å². The molecule has 0 saturated carbocycles. The zero-order chi connectivity index (χ0) is 18.7. The molecule has 2 unspecified atom stereocenters. The van der Waals surface area contributed by atoms with Crippen molar-refractivity contribution in [1.82, 2.24) is 10.3 Å². The van der Waals surface area contributed by atoms with Gasteiger partial charge in [0, 0.05) is 17.9 Å². The Bertz CT molecular complexity index is 769. The van der Waals surface area contributed by atoms with Crippen molar-refractivity contribution < 1.29 is 14.3 Å². The van der Waals surface area contributed by atoms with Crippen molar-refractivity contribution in [3.63, 3.8) is 0 Å². The molecule has 138 valence electrons. The maximum Gasteiger partial charge on any atom is 0.407 e. The van der Waals surface area contributed by atoms with Gasteiger partial charge in [-0.3, -0.25) is 4.98 Å². The molecule has 1 N–H and O–H groups in total. The average molecular weight is 354 g/mol. The van der Waals surface area contributed by atoms with Gasteiger partial charge in [-0.05, 0) is 68.5 Å². The van der Waals surface area contributed by atoms with Gasteiger partial charge >= 0.3 is 6.09 Å². The number of nitrogens with zero attached hydrogens (tertiary/aromatic N) is 1. The number of fused-ring (bicyclic) bond motifs is 1. The van der Waals surface area contributed by atoms with Gasteiger partial charge in [-0.25, -0.2) is 4.79 Å². The number of pyridine rings is 1. The number of alkyl carbamates (subject to hydrolysis) is 1. The Morgan fingerprint density at radius 3 is 2.81 bits per heavy atom. The van der Waals surface area contributed by atoms with Crippen molar-refractivity contribution in [3.8, 4) is 11.1 Å². The fourth-order valence-electron chi connectivity index (χ4n) is 3.14. The lowest BCUT2D eigenvalue weighted by molar-refractivity contribution is -0.0461. The minimum atomic E-state index is -0.427. The van der Waals surface area contributed by atoms with E-state index in [0.29, 0.717) is 6.61 Å². The first-order chi connectivity index (χ1) is 12.3. The Balaban J connectivity index is 1.82. The highest BCUT2D eigenvalue weighted by atomic mass is 16.6. The molecule has 26 heavy (non-hydrogen) atoms. The van der Waals surface area contributed by atoms with E-state index in [1.807, 2.05) is 46.0 Å². The van der Waals surface area contributed by atoms with E-state index in [4.69, 9.17) is 9.47 Å². The topological polar surface area (TPSA) is 60.5 Å². The highest BCUT2D eigenvalue weighted by molar-refractivity contribution is 5.68. The summed E-state index contributed by atoms with van der Waals surface area (Å²) in [6, 6.07) is 10.3. The normalized spacial score (nSPS) is 17.9. The zero-order valence-electron chi connectivity index (χ0n) is 15.8. The summed E-state index contributed by atoms with van der Waals surface area (Å²) in [6.07, 6.45) is 3.38. The first kappa shape index (κ1) is 18.4. The van der Waals surface area contributed by atoms with Crippen LogP contribution in [0.15, 0.2) is 42.7 Å². The van der Waals surface area contributed by atoms with Gasteiger partial charge in [-0.1, -0.05) is 18.2 Å². The predicted molar refractivity (Wildman–Crippen MR) is 101 cm³/mol. The highest BCUT2D eigenvalue weighted by Crippen LogP contribution is 2.34. The highest BCUT2D eigenvalue weighted by Gasteiger charge is 2.30. The van der Waals surface area contributed by atoms with Crippen LogP contribution >= 0.6 is 0 Å². The summed E-state index contributed by atoms with van der Waals surface area (Å²) in [5, 5.41) is 2.83. The first-order valence-electron chi connectivity index (χ1n) is 8.97. The van der Waals surface area contributed by atoms with E-state index >= 15 is 0 Å². The van der Waals surface area contributed by atoms with Crippen molar-refractivity contribution in [2.24, 2.45) is 0 Å². The molecule has 0 saturated heterocycles. The number of rotatable bonds is 3. The summed E-state index contributed by atoms with van der Waals surface area (Å²) in [6.45, 7) is 8.26. The second kappa shape index (κ2) is 7.46. The minimum Gasteiger partial charge on any atom is -0.443 e. The van der Waals surface area contributed by atoms with Crippen molar-refractivity contribution >= 4 is 6.09 Å². The molecule has 2 aromatic rings. The number of hydrogen-bond donors (Lipinski definition) is 1. The number of benzene rings is 1. The molecule has 3 rings (SSSR count). The van der Waals surface area contributed by atoms with Crippen LogP contribution in [0.5, 0.6) is 0 Å². The Morgan fingerprint density at radius 2 is 2.12 bits per heavy atom. The van der Waals surface area contributed by atoms with Crippen LogP contribution in [0.3, 0.4) is 0 Å². The third kappa shape index (κ3) is 4.41. The molecule has 1 aliphatic heterocycles. The fraction of sp³-hybridized carbons (Fsp3) is 0.429. The Hall–Kier alpha value is -2.40. The predicted octanol–water partition coefficient (Wildman–Crippen LogP) is 4.28. The third-order valence-corrected chi connectivity index (χ3v) is 4.31. The van der Waals surface area contributed by atoms with Crippen molar-refractivity contribution in [2.45, 2.75) is 51.9 Å². The number of amides is 1. The van der Waals surface area contributed by atoms with Crippen LogP contribution in [0, 0.1) is 0 Å². The first-order valence-corrected chi connectivity index (χ1v) is 8.97. The molecule has 1 amide bonds. The van der Waals surface area contributed by atoms with Gasteiger partial charge in [-0.15, -0.1) is 0 Å². The lowest BCUT2D eigenvalue weighted by Gasteiger charge is -2.31. The van der Waals surface area contributed by atoms with Crippen molar-refractivity contribution in [1.29, 1.82) is 0 Å². The molecule has 2 atom stereocenters. The zero-order valence-corrected chi connectivity index (χ0v) is 15.8. The van der Waals surface area contributed by atoms with E-state index in [1.54, 1.807) is 6.20 Å². The van der Waals surface area contributed by atoms with E-state index in [-0.39, 0.29) is 17.7 Å². The Kier molecular flexibility index (Phi) is 5.28. The lowest BCUT2D eigenvalue weighted by atomic mass is 9.91. The molecule has 0 aliphatic carbocycles. The van der Waals surface area contributed by atoms with Crippen LogP contribution in [0.4, 0.5) is 4.79 Å². The average Bonchev–Trinajstić information content (AvgIpc) is 2.59. The van der Waals surface area contributed by atoms with Gasteiger partial charge in [-0.2, -0.15) is 0 Å². The van der Waals surface area contributed by atoms with Gasteiger partial charge in [0.05, 0.1) is 6.61 Å². The molecule has 0 spiro atoms. The standard InChI is InChI=1S/C21H26N2O3/c1-14(26-20(24)23-21(2,3)4)19-18-12-16(17-6-5-10-22-13-17)8-7-15(18)9-11-25-19/h5-8,10,12-14,19H,9,11H2,1-4H3,(H,23,24). The molecule has 5 nitrogen and oxygen atoms in total. The van der Waals surface area contributed by atoms with Crippen molar-refractivity contribution in [2.75, 3.05) is 6.61 Å². The van der Waals surface area contributed by atoms with Gasteiger partial charge in [0.1, 0.15) is 12.2 Å². The lowest BCUT2D eigenvalue weighted by Crippen LogP contribution is -2.43. The second-order valence-corrected chi connectivity index (χ2v) is 7.68. The molecule has 0 bridgehead atoms. The number of aromatic nitrogens is 1. The van der Waals surface area contributed by atoms with Crippen LogP contribution < -0.4 is 5.32 Å². The summed E-state index contributed by atoms with van der Waals surface area (Å²) in [5.41, 5.74) is 4.11. The number of carbonyl (C=O) groups excluding carboxylic acids is 1. The quantitative estimate of drug-likeness (QED) is 0.894. The van der Waals surface area contributed by atoms with E-state index < -0.39 is 6.09 Å². The second-order valence-electron chi connectivity index (χ2n) is 7.68. The summed E-state index contributed by atoms with van der Waals surface area (Å²) >= 11 is 0. The summed E-state index contributed by atoms with van der Waals surface area (Å²) in [5.74, 6) is 0. The van der Waals surface area contributed by atoms with Crippen LogP contribution in [0.2, 0.25) is 0 Å². The number of hydrogen-bond acceptors (Lipinski definition) is 4. The molecule has 1 aliphatic rings. The van der Waals surface area contributed by atoms with Crippen molar-refractivity contribution in [3.05, 3.63) is 53.9 Å². The summed E-state index contributed by atoms with van der Waals surface area (Å²) in [4.78, 5) is 16.3. The molecule has 0 radical (unpaired) electrons. The number of carbonyl (C=O) groups is 1. The number of nitrogens with one attached hydrogen (secondary N) is 1. The monoisotopic (exact) mass is 354 g/mol. The maximum atomic E-state index is 12.1. The SMILES string of the molecule is CC(OC(=O)NC(C)(C)C)C1OCCc2ccc(-c3cccnc3)cc21. The van der Waals surface area contributed by atoms with E-state index in [9.17, 15) is 4.79 Å². The summed E-state index contributed by atoms with van der Waals surface area (Å²) < 4.78 is 11.5. The van der Waals surface area contributed by atoms with E-state index in [1.165, 1.54) is 5.56 Å². The summed E-state index contributed by atoms with van der Waals surface area (Å²) in [7, 11) is 0. The molecular formula is C21H26N2O3. The molecule has 5 heteroatoms. The molecule has 1 aromatic carbocycles. The minimum absolute atomic E-state index is 0.277. The Morgan fingerprint density at radius 1 is 1.31 bits per heavy atom. The molecule has 1 aromatic heterocycles. The van der Waals surface area contributed by atoms with Gasteiger partial charge in [0.15, 0.2) is 0 Å². The largest absolute Gasteiger partial charge is 0.443 e. The molecule has 2 heterocycles. The van der Waals surface area contributed by atoms with Gasteiger partial charge in [0.25, 0.3) is 0 Å².